The molecule has 0 radical (unpaired) electrons. The Morgan fingerprint density at radius 1 is 1.00 bits per heavy atom. The van der Waals surface area contributed by atoms with Crippen LogP contribution < -0.4 is 9.47 Å². The van der Waals surface area contributed by atoms with Crippen LogP contribution in [0.3, 0.4) is 0 Å². The number of benzene rings is 1. The molecule has 0 N–H and O–H groups in total. The maximum atomic E-state index is 5.45. The third-order valence-corrected chi connectivity index (χ3v) is 5.49. The molecule has 0 atom stereocenters. The number of aromatic nitrogens is 1. The number of hydrogen-bond acceptors (Lipinski definition) is 5. The molecule has 0 aliphatic carbocycles. The molecule has 5 nitrogen and oxygen atoms in total. The Hall–Kier alpha value is -1.63. The molecule has 0 bridgehead atoms. The molecule has 1 aromatic carbocycles. The largest absolute Gasteiger partial charge is 0.493 e. The summed E-state index contributed by atoms with van der Waals surface area (Å²) in [6.07, 6.45) is 4.96. The van der Waals surface area contributed by atoms with Gasteiger partial charge in [-0.3, -0.25) is 14.8 Å². The summed E-state index contributed by atoms with van der Waals surface area (Å²) in [7, 11) is 3.34. The Labute approximate surface area is 164 Å². The molecule has 0 unspecified atom stereocenters. The van der Waals surface area contributed by atoms with E-state index in [0.717, 1.165) is 55.2 Å². The predicted molar refractivity (Wildman–Crippen MR) is 107 cm³/mol. The lowest BCUT2D eigenvalue weighted by molar-refractivity contribution is 0.246. The minimum Gasteiger partial charge on any atom is -0.493 e. The van der Waals surface area contributed by atoms with E-state index in [1.807, 2.05) is 24.5 Å². The summed E-state index contributed by atoms with van der Waals surface area (Å²) < 4.78 is 11.9. The van der Waals surface area contributed by atoms with Gasteiger partial charge in [0.05, 0.1) is 14.2 Å². The van der Waals surface area contributed by atoms with E-state index in [-0.39, 0.29) is 0 Å². The van der Waals surface area contributed by atoms with E-state index in [4.69, 9.17) is 9.47 Å². The van der Waals surface area contributed by atoms with Crippen molar-refractivity contribution in [2.24, 2.45) is 0 Å². The van der Waals surface area contributed by atoms with Crippen LogP contribution in [0.25, 0.3) is 0 Å². The molecule has 2 aromatic rings. The van der Waals surface area contributed by atoms with Crippen LogP contribution in [0.4, 0.5) is 0 Å². The monoisotopic (exact) mass is 419 g/mol. The topological polar surface area (TPSA) is 37.8 Å². The number of ether oxygens (including phenoxy) is 2. The van der Waals surface area contributed by atoms with Crippen molar-refractivity contribution < 1.29 is 9.47 Å². The zero-order valence-electron chi connectivity index (χ0n) is 15.4. The maximum Gasteiger partial charge on any atom is 0.161 e. The Morgan fingerprint density at radius 3 is 2.35 bits per heavy atom. The lowest BCUT2D eigenvalue weighted by atomic mass is 10.2. The lowest BCUT2D eigenvalue weighted by Crippen LogP contribution is -2.30. The average molecular weight is 420 g/mol. The van der Waals surface area contributed by atoms with Gasteiger partial charge < -0.3 is 9.47 Å². The van der Waals surface area contributed by atoms with Crippen molar-refractivity contribution in [1.29, 1.82) is 0 Å². The number of pyridine rings is 1. The molecule has 6 heteroatoms. The molecule has 1 fully saturated rings. The van der Waals surface area contributed by atoms with E-state index < -0.39 is 0 Å². The normalized spacial score (nSPS) is 16.3. The Kier molecular flexibility index (Phi) is 6.88. The molecule has 1 aliphatic rings. The summed E-state index contributed by atoms with van der Waals surface area (Å²) >= 11 is 3.67. The molecule has 0 spiro atoms. The highest BCUT2D eigenvalue weighted by molar-refractivity contribution is 9.10. The molecule has 2 heterocycles. The lowest BCUT2D eigenvalue weighted by Gasteiger charge is -2.23. The number of rotatable bonds is 6. The summed E-state index contributed by atoms with van der Waals surface area (Å²) in [4.78, 5) is 9.24. The minimum atomic E-state index is 0.752. The first-order valence-corrected chi connectivity index (χ1v) is 9.73. The van der Waals surface area contributed by atoms with Gasteiger partial charge in [0.25, 0.3) is 0 Å². The van der Waals surface area contributed by atoms with Gasteiger partial charge in [0, 0.05) is 43.0 Å². The summed E-state index contributed by atoms with van der Waals surface area (Å²) in [6, 6.07) is 8.21. The van der Waals surface area contributed by atoms with Crippen LogP contribution in [0.5, 0.6) is 11.5 Å². The third-order valence-electron chi connectivity index (χ3n) is 4.76. The van der Waals surface area contributed by atoms with Gasteiger partial charge in [-0.2, -0.15) is 0 Å². The number of hydrogen-bond donors (Lipinski definition) is 0. The predicted octanol–water partition coefficient (Wildman–Crippen LogP) is 3.57. The van der Waals surface area contributed by atoms with E-state index in [9.17, 15) is 0 Å². The van der Waals surface area contributed by atoms with Crippen LogP contribution in [0.2, 0.25) is 0 Å². The zero-order valence-corrected chi connectivity index (χ0v) is 17.0. The van der Waals surface area contributed by atoms with Crippen LogP contribution in [0.1, 0.15) is 17.5 Å². The summed E-state index contributed by atoms with van der Waals surface area (Å²) in [5.74, 6) is 1.53. The van der Waals surface area contributed by atoms with Crippen molar-refractivity contribution in [2.75, 3.05) is 40.4 Å². The van der Waals surface area contributed by atoms with Gasteiger partial charge in [-0.05, 0) is 48.8 Å². The molecular formula is C20H26BrN3O2. The first kappa shape index (κ1) is 19.1. The molecular weight excluding hydrogens is 394 g/mol. The second-order valence-corrected chi connectivity index (χ2v) is 7.42. The van der Waals surface area contributed by atoms with Crippen LogP contribution >= 0.6 is 15.9 Å². The second kappa shape index (κ2) is 9.35. The van der Waals surface area contributed by atoms with Gasteiger partial charge in [-0.15, -0.1) is 0 Å². The Morgan fingerprint density at radius 2 is 1.69 bits per heavy atom. The zero-order chi connectivity index (χ0) is 18.4. The highest BCUT2D eigenvalue weighted by atomic mass is 79.9. The van der Waals surface area contributed by atoms with E-state index >= 15 is 0 Å². The fourth-order valence-corrected chi connectivity index (χ4v) is 3.80. The van der Waals surface area contributed by atoms with E-state index in [2.05, 4.69) is 42.8 Å². The van der Waals surface area contributed by atoms with Crippen molar-refractivity contribution in [3.63, 3.8) is 0 Å². The van der Waals surface area contributed by atoms with Crippen molar-refractivity contribution in [1.82, 2.24) is 14.8 Å². The summed E-state index contributed by atoms with van der Waals surface area (Å²) in [6.45, 7) is 6.23. The Bertz CT molecular complexity index is 712. The fraction of sp³-hybridized carbons (Fsp3) is 0.450. The smallest absolute Gasteiger partial charge is 0.161 e. The first-order valence-electron chi connectivity index (χ1n) is 8.93. The van der Waals surface area contributed by atoms with Gasteiger partial charge >= 0.3 is 0 Å². The third kappa shape index (κ3) is 4.96. The summed E-state index contributed by atoms with van der Waals surface area (Å²) in [5, 5.41) is 0. The van der Waals surface area contributed by atoms with Crippen LogP contribution in [0.15, 0.2) is 41.1 Å². The van der Waals surface area contributed by atoms with Crippen molar-refractivity contribution >= 4 is 15.9 Å². The molecule has 1 aliphatic heterocycles. The molecule has 26 heavy (non-hydrogen) atoms. The summed E-state index contributed by atoms with van der Waals surface area (Å²) in [5.41, 5.74) is 2.51. The molecule has 1 saturated heterocycles. The van der Waals surface area contributed by atoms with E-state index in [0.29, 0.717) is 0 Å². The van der Waals surface area contributed by atoms with Gasteiger partial charge in [0.15, 0.2) is 11.5 Å². The maximum absolute atomic E-state index is 5.45. The van der Waals surface area contributed by atoms with E-state index in [1.165, 1.54) is 17.5 Å². The number of halogens is 1. The molecule has 1 aromatic heterocycles. The highest BCUT2D eigenvalue weighted by Crippen LogP contribution is 2.34. The quantitative estimate of drug-likeness (QED) is 0.715. The fourth-order valence-electron chi connectivity index (χ4n) is 3.35. The van der Waals surface area contributed by atoms with Crippen LogP contribution in [-0.4, -0.2) is 55.2 Å². The number of methoxy groups -OCH3 is 2. The molecule has 0 amide bonds. The highest BCUT2D eigenvalue weighted by Gasteiger charge is 2.17. The van der Waals surface area contributed by atoms with Crippen molar-refractivity contribution in [2.45, 2.75) is 19.5 Å². The standard InChI is InChI=1S/C20H26BrN3O2/c1-25-19-11-17(18(21)12-20(19)26-2)15-24-8-4-7-23(9-10-24)14-16-5-3-6-22-13-16/h3,5-6,11-13H,4,7-10,14-15H2,1-2H3. The molecule has 3 rings (SSSR count). The van der Waals surface area contributed by atoms with Gasteiger partial charge in [-0.1, -0.05) is 22.0 Å². The average Bonchev–Trinajstić information content (AvgIpc) is 2.89. The molecule has 0 saturated carbocycles. The van der Waals surface area contributed by atoms with E-state index in [1.54, 1.807) is 14.2 Å². The SMILES string of the molecule is COc1cc(Br)c(CN2CCCN(Cc3cccnc3)CC2)cc1OC. The van der Waals surface area contributed by atoms with Crippen LogP contribution in [0, 0.1) is 0 Å². The van der Waals surface area contributed by atoms with Gasteiger partial charge in [0.2, 0.25) is 0 Å². The number of nitrogens with zero attached hydrogens (tertiary/aromatic N) is 3. The minimum absolute atomic E-state index is 0.752. The van der Waals surface area contributed by atoms with Crippen molar-refractivity contribution in [3.05, 3.63) is 52.3 Å². The first-order chi connectivity index (χ1) is 12.7. The second-order valence-electron chi connectivity index (χ2n) is 6.57. The van der Waals surface area contributed by atoms with Crippen molar-refractivity contribution in [3.8, 4) is 11.5 Å². The van der Waals surface area contributed by atoms with Crippen LogP contribution in [-0.2, 0) is 13.1 Å². The molecule has 140 valence electrons. The Balaban J connectivity index is 1.61. The van der Waals surface area contributed by atoms with Gasteiger partial charge in [0.1, 0.15) is 0 Å². The van der Waals surface area contributed by atoms with Gasteiger partial charge in [-0.25, -0.2) is 0 Å².